The summed E-state index contributed by atoms with van der Waals surface area (Å²) in [6.45, 7) is 9.26. The molecule has 0 bridgehead atoms. The molecule has 2 atom stereocenters. The normalized spacial score (nSPS) is 26.8. The Morgan fingerprint density at radius 2 is 1.92 bits per heavy atom. The van der Waals surface area contributed by atoms with Crippen LogP contribution in [0.3, 0.4) is 0 Å². The maximum absolute atomic E-state index is 12.2. The van der Waals surface area contributed by atoms with Crippen molar-refractivity contribution in [3.05, 3.63) is 0 Å². The van der Waals surface area contributed by atoms with Crippen LogP contribution in [0.5, 0.6) is 0 Å². The fourth-order valence-corrected chi connectivity index (χ4v) is 4.10. The van der Waals surface area contributed by atoms with Crippen molar-refractivity contribution in [2.45, 2.75) is 83.8 Å². The van der Waals surface area contributed by atoms with Gasteiger partial charge in [-0.3, -0.25) is 9.59 Å². The van der Waals surface area contributed by atoms with Gasteiger partial charge in [0.15, 0.2) is 0 Å². The highest BCUT2D eigenvalue weighted by atomic mass is 16.5. The molecule has 0 aromatic rings. The van der Waals surface area contributed by atoms with Crippen molar-refractivity contribution in [2.75, 3.05) is 26.2 Å². The Balaban J connectivity index is 1.83. The second kappa shape index (κ2) is 8.84. The lowest BCUT2D eigenvalue weighted by atomic mass is 9.89. The molecule has 0 unspecified atom stereocenters. The summed E-state index contributed by atoms with van der Waals surface area (Å²) in [6.07, 6.45) is 7.20. The van der Waals surface area contributed by atoms with E-state index in [1.54, 1.807) is 0 Å². The number of hydrogen-bond acceptors (Lipinski definition) is 3. The predicted molar refractivity (Wildman–Crippen MR) is 94.7 cm³/mol. The lowest BCUT2D eigenvalue weighted by Crippen LogP contribution is -2.50. The summed E-state index contributed by atoms with van der Waals surface area (Å²) in [7, 11) is 0. The van der Waals surface area contributed by atoms with Crippen LogP contribution < -0.4 is 0 Å². The zero-order valence-corrected chi connectivity index (χ0v) is 15.7. The zero-order valence-electron chi connectivity index (χ0n) is 15.7. The molecule has 2 heterocycles. The van der Waals surface area contributed by atoms with E-state index < -0.39 is 0 Å². The summed E-state index contributed by atoms with van der Waals surface area (Å²) >= 11 is 0. The molecule has 0 N–H and O–H groups in total. The maximum Gasteiger partial charge on any atom is 0.222 e. The molecule has 2 amide bonds. The van der Waals surface area contributed by atoms with Gasteiger partial charge < -0.3 is 14.5 Å². The average Bonchev–Trinajstić information content (AvgIpc) is 2.96. The number of nitrogens with zero attached hydrogens (tertiary/aromatic N) is 2. The quantitative estimate of drug-likeness (QED) is 0.717. The number of amides is 2. The summed E-state index contributed by atoms with van der Waals surface area (Å²) in [6, 6.07) is 0. The van der Waals surface area contributed by atoms with Gasteiger partial charge in [-0.25, -0.2) is 0 Å². The number of rotatable bonds is 7. The molecule has 0 aromatic carbocycles. The van der Waals surface area contributed by atoms with Crippen molar-refractivity contribution in [3.63, 3.8) is 0 Å². The molecule has 2 rings (SSSR count). The molecule has 5 heteroatoms. The first kappa shape index (κ1) is 19.2. The van der Waals surface area contributed by atoms with Gasteiger partial charge in [0.1, 0.15) is 0 Å². The summed E-state index contributed by atoms with van der Waals surface area (Å²) in [4.78, 5) is 28.2. The van der Waals surface area contributed by atoms with E-state index in [2.05, 4.69) is 0 Å². The molecule has 2 aliphatic rings. The second-order valence-electron chi connectivity index (χ2n) is 7.24. The van der Waals surface area contributed by atoms with Crippen molar-refractivity contribution in [2.24, 2.45) is 0 Å². The maximum atomic E-state index is 12.2. The van der Waals surface area contributed by atoms with Gasteiger partial charge in [0, 0.05) is 39.0 Å². The smallest absolute Gasteiger partial charge is 0.222 e. The van der Waals surface area contributed by atoms with Crippen LogP contribution in [0.2, 0.25) is 0 Å². The second-order valence-corrected chi connectivity index (χ2v) is 7.24. The van der Waals surface area contributed by atoms with Gasteiger partial charge in [-0.15, -0.1) is 0 Å². The molecule has 2 aliphatic heterocycles. The third-order valence-electron chi connectivity index (χ3n) is 5.49. The minimum absolute atomic E-state index is 0.148. The van der Waals surface area contributed by atoms with E-state index in [1.165, 1.54) is 0 Å². The number of carbonyl (C=O) groups excluding carboxylic acids is 2. The Morgan fingerprint density at radius 1 is 1.17 bits per heavy atom. The molecular weight excluding hydrogens is 304 g/mol. The topological polar surface area (TPSA) is 49.9 Å². The van der Waals surface area contributed by atoms with Crippen LogP contribution in [0.25, 0.3) is 0 Å². The summed E-state index contributed by atoms with van der Waals surface area (Å²) in [5.74, 6) is 0.494. The SMILES string of the molecule is CCCC(=O)N1CCC[C@]2(CC[C@@H](CCC(=O)N(CC)CC)O2)C1. The Bertz CT molecular complexity index is 436. The van der Waals surface area contributed by atoms with Gasteiger partial charge in [0.2, 0.25) is 11.8 Å². The summed E-state index contributed by atoms with van der Waals surface area (Å²) in [5.41, 5.74) is -0.148. The lowest BCUT2D eigenvalue weighted by molar-refractivity contribution is -0.142. The third kappa shape index (κ3) is 4.71. The Hall–Kier alpha value is -1.10. The van der Waals surface area contributed by atoms with Crippen LogP contribution in [0, 0.1) is 0 Å². The monoisotopic (exact) mass is 338 g/mol. The number of hydrogen-bond donors (Lipinski definition) is 0. The molecule has 138 valence electrons. The molecular formula is C19H34N2O3. The number of piperidine rings is 1. The van der Waals surface area contributed by atoms with Gasteiger partial charge in [-0.2, -0.15) is 0 Å². The van der Waals surface area contributed by atoms with Gasteiger partial charge in [0.05, 0.1) is 11.7 Å². The predicted octanol–water partition coefficient (Wildman–Crippen LogP) is 2.98. The Labute approximate surface area is 146 Å². The zero-order chi connectivity index (χ0) is 17.6. The highest BCUT2D eigenvalue weighted by Crippen LogP contribution is 2.39. The Morgan fingerprint density at radius 3 is 2.58 bits per heavy atom. The van der Waals surface area contributed by atoms with Crippen molar-refractivity contribution in [3.8, 4) is 0 Å². The first-order valence-electron chi connectivity index (χ1n) is 9.77. The van der Waals surface area contributed by atoms with Crippen molar-refractivity contribution in [1.29, 1.82) is 0 Å². The van der Waals surface area contributed by atoms with Crippen LogP contribution >= 0.6 is 0 Å². The highest BCUT2D eigenvalue weighted by molar-refractivity contribution is 5.76. The van der Waals surface area contributed by atoms with Crippen LogP contribution in [0.1, 0.15) is 72.1 Å². The fraction of sp³-hybridized carbons (Fsp3) is 0.895. The molecule has 1 spiro atoms. The summed E-state index contributed by atoms with van der Waals surface area (Å²) < 4.78 is 6.38. The number of ether oxygens (including phenoxy) is 1. The average molecular weight is 338 g/mol. The van der Waals surface area contributed by atoms with E-state index in [0.717, 1.165) is 64.7 Å². The standard InChI is InChI=1S/C19H34N2O3/c1-4-8-17(22)21-14-7-12-19(15-21)13-11-16(24-19)9-10-18(23)20(5-2)6-3/h16H,4-15H2,1-3H3/t16-,19+/m1/s1. The Kier molecular flexibility index (Phi) is 7.08. The van der Waals surface area contributed by atoms with Crippen LogP contribution in [0.4, 0.5) is 0 Å². The molecule has 5 nitrogen and oxygen atoms in total. The van der Waals surface area contributed by atoms with E-state index >= 15 is 0 Å². The fourth-order valence-electron chi connectivity index (χ4n) is 4.10. The first-order chi connectivity index (χ1) is 11.5. The molecule has 0 saturated carbocycles. The van der Waals surface area contributed by atoms with E-state index in [9.17, 15) is 9.59 Å². The van der Waals surface area contributed by atoms with Gasteiger partial charge in [0.25, 0.3) is 0 Å². The van der Waals surface area contributed by atoms with Crippen molar-refractivity contribution >= 4 is 11.8 Å². The van der Waals surface area contributed by atoms with Crippen LogP contribution in [-0.2, 0) is 14.3 Å². The van der Waals surface area contributed by atoms with E-state index in [-0.39, 0.29) is 23.5 Å². The molecule has 2 fully saturated rings. The lowest BCUT2D eigenvalue weighted by Gasteiger charge is -2.40. The molecule has 24 heavy (non-hydrogen) atoms. The number of likely N-dealkylation sites (tertiary alicyclic amines) is 1. The van der Waals surface area contributed by atoms with Gasteiger partial charge in [-0.05, 0) is 52.4 Å². The van der Waals surface area contributed by atoms with E-state index in [1.807, 2.05) is 30.6 Å². The molecule has 0 aromatic heterocycles. The summed E-state index contributed by atoms with van der Waals surface area (Å²) in [5, 5.41) is 0. The molecule has 0 radical (unpaired) electrons. The first-order valence-corrected chi connectivity index (χ1v) is 9.77. The van der Waals surface area contributed by atoms with Gasteiger partial charge in [-0.1, -0.05) is 6.92 Å². The van der Waals surface area contributed by atoms with E-state index in [4.69, 9.17) is 4.74 Å². The molecule has 0 aliphatic carbocycles. The molecule has 2 saturated heterocycles. The minimum atomic E-state index is -0.148. The van der Waals surface area contributed by atoms with Gasteiger partial charge >= 0.3 is 0 Å². The van der Waals surface area contributed by atoms with Crippen LogP contribution in [0.15, 0.2) is 0 Å². The minimum Gasteiger partial charge on any atom is -0.370 e. The third-order valence-corrected chi connectivity index (χ3v) is 5.49. The van der Waals surface area contributed by atoms with Crippen molar-refractivity contribution in [1.82, 2.24) is 9.80 Å². The largest absolute Gasteiger partial charge is 0.370 e. The number of carbonyl (C=O) groups is 2. The van der Waals surface area contributed by atoms with Crippen molar-refractivity contribution < 1.29 is 14.3 Å². The highest BCUT2D eigenvalue weighted by Gasteiger charge is 2.44. The van der Waals surface area contributed by atoms with E-state index in [0.29, 0.717) is 12.8 Å². The van der Waals surface area contributed by atoms with Crippen LogP contribution in [-0.4, -0.2) is 59.5 Å².